The SMILES string of the molecule is CCn1nc(C)cc1C(=O)NC1(C(=O)O)CCC(C)CC1. The zero-order chi connectivity index (χ0) is 15.6. The zero-order valence-electron chi connectivity index (χ0n) is 12.8. The molecule has 0 spiro atoms. The number of hydrogen-bond acceptors (Lipinski definition) is 3. The molecule has 0 saturated heterocycles. The Bertz CT molecular complexity index is 542. The van der Waals surface area contributed by atoms with E-state index in [4.69, 9.17) is 0 Å². The van der Waals surface area contributed by atoms with Crippen molar-refractivity contribution in [1.82, 2.24) is 15.1 Å². The number of carbonyl (C=O) groups excluding carboxylic acids is 1. The molecule has 1 amide bonds. The first-order valence-electron chi connectivity index (χ1n) is 7.48. The maximum Gasteiger partial charge on any atom is 0.329 e. The van der Waals surface area contributed by atoms with Crippen LogP contribution in [0.1, 0.15) is 55.7 Å². The quantitative estimate of drug-likeness (QED) is 0.889. The Morgan fingerprint density at radius 2 is 2.10 bits per heavy atom. The van der Waals surface area contributed by atoms with Gasteiger partial charge in [-0.05, 0) is 51.5 Å². The van der Waals surface area contributed by atoms with Gasteiger partial charge >= 0.3 is 5.97 Å². The number of carboxylic acid groups (broad SMARTS) is 1. The number of aromatic nitrogens is 2. The first-order valence-corrected chi connectivity index (χ1v) is 7.48. The summed E-state index contributed by atoms with van der Waals surface area (Å²) >= 11 is 0. The van der Waals surface area contributed by atoms with Gasteiger partial charge in [-0.15, -0.1) is 0 Å². The van der Waals surface area contributed by atoms with Crippen LogP contribution in [0.2, 0.25) is 0 Å². The number of aliphatic carboxylic acids is 1. The summed E-state index contributed by atoms with van der Waals surface area (Å²) in [7, 11) is 0. The van der Waals surface area contributed by atoms with Gasteiger partial charge in [0.2, 0.25) is 0 Å². The largest absolute Gasteiger partial charge is 0.480 e. The third kappa shape index (κ3) is 3.09. The van der Waals surface area contributed by atoms with Crippen molar-refractivity contribution in [3.63, 3.8) is 0 Å². The molecule has 0 bridgehead atoms. The standard InChI is InChI=1S/C15H23N3O3/c1-4-18-12(9-11(3)17-18)13(19)16-15(14(20)21)7-5-10(2)6-8-15/h9-10H,4-8H2,1-3H3,(H,16,19)(H,20,21). The second kappa shape index (κ2) is 5.87. The molecule has 1 fully saturated rings. The second-order valence-electron chi connectivity index (χ2n) is 6.01. The van der Waals surface area contributed by atoms with Gasteiger partial charge in [-0.2, -0.15) is 5.10 Å². The highest BCUT2D eigenvalue weighted by molar-refractivity contribution is 5.96. The van der Waals surface area contributed by atoms with E-state index in [0.29, 0.717) is 31.0 Å². The number of nitrogens with zero attached hydrogens (tertiary/aromatic N) is 2. The lowest BCUT2D eigenvalue weighted by molar-refractivity contribution is -0.146. The summed E-state index contributed by atoms with van der Waals surface area (Å²) in [5.41, 5.74) is 0.0400. The minimum absolute atomic E-state index is 0.352. The number of hydrogen-bond donors (Lipinski definition) is 2. The van der Waals surface area contributed by atoms with Crippen molar-refractivity contribution >= 4 is 11.9 Å². The molecule has 21 heavy (non-hydrogen) atoms. The van der Waals surface area contributed by atoms with E-state index < -0.39 is 11.5 Å². The van der Waals surface area contributed by atoms with E-state index >= 15 is 0 Å². The van der Waals surface area contributed by atoms with Gasteiger partial charge in [-0.1, -0.05) is 6.92 Å². The van der Waals surface area contributed by atoms with Crippen LogP contribution >= 0.6 is 0 Å². The van der Waals surface area contributed by atoms with Gasteiger partial charge in [0, 0.05) is 6.54 Å². The third-order valence-corrected chi connectivity index (χ3v) is 4.32. The van der Waals surface area contributed by atoms with Gasteiger partial charge in [0.25, 0.3) is 5.91 Å². The molecule has 0 aliphatic heterocycles. The molecule has 1 aromatic heterocycles. The minimum atomic E-state index is -1.14. The Morgan fingerprint density at radius 1 is 1.48 bits per heavy atom. The molecule has 1 aromatic rings. The number of aryl methyl sites for hydroxylation is 2. The van der Waals surface area contributed by atoms with Crippen LogP contribution in [0.4, 0.5) is 0 Å². The predicted octanol–water partition coefficient (Wildman–Crippen LogP) is 1.97. The van der Waals surface area contributed by atoms with Crippen molar-refractivity contribution in [3.05, 3.63) is 17.5 Å². The number of rotatable bonds is 4. The number of carbonyl (C=O) groups is 2. The minimum Gasteiger partial charge on any atom is -0.480 e. The Balaban J connectivity index is 2.21. The molecule has 0 unspecified atom stereocenters. The number of carboxylic acids is 1. The summed E-state index contributed by atoms with van der Waals surface area (Å²) in [6.07, 6.45) is 2.60. The average molecular weight is 293 g/mol. The molecule has 0 atom stereocenters. The zero-order valence-corrected chi connectivity index (χ0v) is 12.8. The second-order valence-corrected chi connectivity index (χ2v) is 6.01. The Morgan fingerprint density at radius 3 is 2.62 bits per heavy atom. The third-order valence-electron chi connectivity index (χ3n) is 4.32. The average Bonchev–Trinajstić information content (AvgIpc) is 2.82. The highest BCUT2D eigenvalue weighted by Gasteiger charge is 2.43. The molecule has 6 nitrogen and oxygen atoms in total. The van der Waals surface area contributed by atoms with Crippen LogP contribution in [0.25, 0.3) is 0 Å². The van der Waals surface area contributed by atoms with Gasteiger partial charge in [-0.25, -0.2) is 4.79 Å². The molecule has 6 heteroatoms. The van der Waals surface area contributed by atoms with Crippen LogP contribution in [0.15, 0.2) is 6.07 Å². The van der Waals surface area contributed by atoms with Gasteiger partial charge in [0.15, 0.2) is 0 Å². The number of nitrogens with one attached hydrogen (secondary N) is 1. The molecule has 2 N–H and O–H groups in total. The fourth-order valence-corrected chi connectivity index (χ4v) is 2.90. The van der Waals surface area contributed by atoms with E-state index in [2.05, 4.69) is 17.3 Å². The summed E-state index contributed by atoms with van der Waals surface area (Å²) in [6.45, 7) is 6.41. The first kappa shape index (κ1) is 15.5. The molecular formula is C15H23N3O3. The lowest BCUT2D eigenvalue weighted by Crippen LogP contribution is -2.56. The fraction of sp³-hybridized carbons (Fsp3) is 0.667. The van der Waals surface area contributed by atoms with E-state index in [-0.39, 0.29) is 5.91 Å². The van der Waals surface area contributed by atoms with Gasteiger partial charge in [-0.3, -0.25) is 9.48 Å². The van der Waals surface area contributed by atoms with Crippen LogP contribution in [-0.2, 0) is 11.3 Å². The molecule has 1 heterocycles. The summed E-state index contributed by atoms with van der Waals surface area (Å²) in [6, 6.07) is 1.69. The summed E-state index contributed by atoms with van der Waals surface area (Å²) in [4.78, 5) is 24.1. The van der Waals surface area contributed by atoms with Crippen LogP contribution < -0.4 is 5.32 Å². The molecule has 0 aromatic carbocycles. The van der Waals surface area contributed by atoms with Crippen molar-refractivity contribution in [3.8, 4) is 0 Å². The van der Waals surface area contributed by atoms with Crippen molar-refractivity contribution in [2.75, 3.05) is 0 Å². The van der Waals surface area contributed by atoms with Gasteiger partial charge < -0.3 is 10.4 Å². The Labute approximate surface area is 124 Å². The maximum absolute atomic E-state index is 12.5. The van der Waals surface area contributed by atoms with E-state index in [1.54, 1.807) is 10.7 Å². The summed E-state index contributed by atoms with van der Waals surface area (Å²) in [5, 5.41) is 16.6. The van der Waals surface area contributed by atoms with Gasteiger partial charge in [0.1, 0.15) is 11.2 Å². The van der Waals surface area contributed by atoms with Crippen molar-refractivity contribution in [1.29, 1.82) is 0 Å². The first-order chi connectivity index (χ1) is 9.88. The van der Waals surface area contributed by atoms with Crippen molar-refractivity contribution in [2.45, 2.75) is 58.5 Å². The fourth-order valence-electron chi connectivity index (χ4n) is 2.90. The van der Waals surface area contributed by atoms with Crippen LogP contribution in [0.3, 0.4) is 0 Å². The topological polar surface area (TPSA) is 84.2 Å². The maximum atomic E-state index is 12.5. The van der Waals surface area contributed by atoms with Crippen LogP contribution in [0.5, 0.6) is 0 Å². The molecule has 1 aliphatic rings. The molecule has 116 valence electrons. The van der Waals surface area contributed by atoms with E-state index in [0.717, 1.165) is 18.5 Å². The van der Waals surface area contributed by atoms with Gasteiger partial charge in [0.05, 0.1) is 5.69 Å². The number of amides is 1. The van der Waals surface area contributed by atoms with Crippen molar-refractivity contribution in [2.24, 2.45) is 5.92 Å². The van der Waals surface area contributed by atoms with Crippen LogP contribution in [0, 0.1) is 12.8 Å². The highest BCUT2D eigenvalue weighted by atomic mass is 16.4. The lowest BCUT2D eigenvalue weighted by Gasteiger charge is -2.36. The molecule has 1 aliphatic carbocycles. The molecule has 1 saturated carbocycles. The highest BCUT2D eigenvalue weighted by Crippen LogP contribution is 2.32. The molecule has 0 radical (unpaired) electrons. The van der Waals surface area contributed by atoms with E-state index in [9.17, 15) is 14.7 Å². The Kier molecular flexibility index (Phi) is 4.34. The summed E-state index contributed by atoms with van der Waals surface area (Å²) < 4.78 is 1.60. The predicted molar refractivity (Wildman–Crippen MR) is 78.1 cm³/mol. The molecule has 2 rings (SSSR count). The molecular weight excluding hydrogens is 270 g/mol. The van der Waals surface area contributed by atoms with E-state index in [1.165, 1.54) is 0 Å². The Hall–Kier alpha value is -1.85. The van der Waals surface area contributed by atoms with E-state index in [1.807, 2.05) is 13.8 Å². The van der Waals surface area contributed by atoms with Crippen LogP contribution in [-0.4, -0.2) is 32.3 Å². The lowest BCUT2D eigenvalue weighted by atomic mass is 9.77. The van der Waals surface area contributed by atoms with Crippen molar-refractivity contribution < 1.29 is 14.7 Å². The summed E-state index contributed by atoms with van der Waals surface area (Å²) in [5.74, 6) is -0.783. The normalized spacial score (nSPS) is 25.6. The monoisotopic (exact) mass is 293 g/mol. The smallest absolute Gasteiger partial charge is 0.329 e.